The van der Waals surface area contributed by atoms with Crippen molar-refractivity contribution < 1.29 is 0 Å². The van der Waals surface area contributed by atoms with Crippen molar-refractivity contribution in [1.29, 1.82) is 0 Å². The zero-order valence-corrected chi connectivity index (χ0v) is 6.25. The fourth-order valence-corrected chi connectivity index (χ4v) is 0.813. The van der Waals surface area contributed by atoms with Crippen LogP contribution in [0.5, 0.6) is 0 Å². The molecule has 4 heteroatoms. The van der Waals surface area contributed by atoms with Gasteiger partial charge in [-0.15, -0.1) is 0 Å². The topological polar surface area (TPSA) is 45.8 Å². The molecule has 3 nitrogen and oxygen atoms in total. The average molecular weight is 223 g/mol. The van der Waals surface area contributed by atoms with Gasteiger partial charge in [0.05, 0.1) is 0 Å². The molecule has 0 fully saturated rings. The van der Waals surface area contributed by atoms with E-state index in [-0.39, 0.29) is 5.56 Å². The van der Waals surface area contributed by atoms with Crippen LogP contribution in [0.25, 0.3) is 0 Å². The first-order valence-electron chi connectivity index (χ1n) is 2.01. The van der Waals surface area contributed by atoms with Gasteiger partial charge in [0.2, 0.25) is 0 Å². The maximum absolute atomic E-state index is 10.4. The molecule has 0 aliphatic carbocycles. The van der Waals surface area contributed by atoms with Crippen molar-refractivity contribution in [3.05, 3.63) is 22.6 Å². The van der Waals surface area contributed by atoms with E-state index in [1.54, 1.807) is 22.3 Å². The molecule has 0 bridgehead atoms. The van der Waals surface area contributed by atoms with E-state index in [0.717, 1.165) is 0 Å². The number of aromatic amines is 1. The molecule has 8 heavy (non-hydrogen) atoms. The fourth-order valence-electron chi connectivity index (χ4n) is 0.352. The Bertz CT molecular complexity index is 231. The predicted molar refractivity (Wildman–Crippen MR) is 30.2 cm³/mol. The van der Waals surface area contributed by atoms with Crippen molar-refractivity contribution in [3.63, 3.8) is 0 Å². The number of nitrogens with one attached hydrogen (secondary N) is 1. The number of nitrogens with zero attached hydrogens (tertiary/aromatic N) is 1. The molecule has 0 spiro atoms. The van der Waals surface area contributed by atoms with Gasteiger partial charge in [-0.1, -0.05) is 0 Å². The monoisotopic (exact) mass is 225 g/mol. The number of rotatable bonds is 0. The molecule has 1 aromatic heterocycles. The van der Waals surface area contributed by atoms with Gasteiger partial charge in [0.15, 0.2) is 0 Å². The molecule has 1 N–H and O–H groups in total. The van der Waals surface area contributed by atoms with Gasteiger partial charge in [0, 0.05) is 0 Å². The standard InChI is InChI=1S/C4H3N2OTe/c7-3-1-2-5-4(8)6-3/h1-2H,(H,5,6,7). The predicted octanol–water partition coefficient (Wildman–Crippen LogP) is -1.44. The summed E-state index contributed by atoms with van der Waals surface area (Å²) in [5.74, 6) is 0. The van der Waals surface area contributed by atoms with Crippen LogP contribution in [0, 0.1) is 0 Å². The molecule has 1 heterocycles. The van der Waals surface area contributed by atoms with Crippen LogP contribution < -0.4 is 9.43 Å². The number of hydrogen-bond acceptors (Lipinski definition) is 2. The molecule has 0 saturated carbocycles. The normalized spacial score (nSPS) is 9.00. The molecule has 1 aromatic rings. The van der Waals surface area contributed by atoms with E-state index in [1.165, 1.54) is 12.3 Å². The zero-order chi connectivity index (χ0) is 5.98. The van der Waals surface area contributed by atoms with Gasteiger partial charge in [-0.25, -0.2) is 0 Å². The first kappa shape index (κ1) is 5.80. The Labute approximate surface area is 59.1 Å². The molecule has 0 amide bonds. The summed E-state index contributed by atoms with van der Waals surface area (Å²) in [4.78, 5) is 16.7. The van der Waals surface area contributed by atoms with E-state index in [1.807, 2.05) is 0 Å². The summed E-state index contributed by atoms with van der Waals surface area (Å²) in [6, 6.07) is 1.38. The van der Waals surface area contributed by atoms with Crippen LogP contribution in [0.3, 0.4) is 0 Å². The fraction of sp³-hybridized carbons (Fsp3) is 0. The molecular formula is C4H3N2OTe. The minimum atomic E-state index is -0.0970. The average Bonchev–Trinajstić information content (AvgIpc) is 1.64. The third kappa shape index (κ3) is 1.32. The van der Waals surface area contributed by atoms with Gasteiger partial charge in [-0.3, -0.25) is 0 Å². The molecule has 0 unspecified atom stereocenters. The summed E-state index contributed by atoms with van der Waals surface area (Å²) in [6.07, 6.45) is 1.48. The first-order valence-corrected chi connectivity index (χ1v) is 3.18. The van der Waals surface area contributed by atoms with E-state index in [2.05, 4.69) is 9.97 Å². The third-order valence-electron chi connectivity index (χ3n) is 0.648. The van der Waals surface area contributed by atoms with Gasteiger partial charge in [0.1, 0.15) is 0 Å². The Kier molecular flexibility index (Phi) is 1.66. The van der Waals surface area contributed by atoms with Crippen molar-refractivity contribution >= 4 is 26.2 Å². The summed E-state index contributed by atoms with van der Waals surface area (Å²) in [6.45, 7) is 0. The molecule has 0 saturated heterocycles. The van der Waals surface area contributed by atoms with Crippen molar-refractivity contribution in [2.24, 2.45) is 0 Å². The summed E-state index contributed by atoms with van der Waals surface area (Å²) in [5, 5.41) is 0. The Morgan fingerprint density at radius 1 is 1.75 bits per heavy atom. The second-order valence-corrected chi connectivity index (χ2v) is 2.34. The van der Waals surface area contributed by atoms with E-state index in [4.69, 9.17) is 0 Å². The van der Waals surface area contributed by atoms with Crippen molar-refractivity contribution in [3.8, 4) is 0 Å². The van der Waals surface area contributed by atoms with Crippen molar-refractivity contribution in [2.45, 2.75) is 0 Å². The molecule has 0 aliphatic rings. The van der Waals surface area contributed by atoms with Crippen LogP contribution in [0.15, 0.2) is 17.1 Å². The van der Waals surface area contributed by atoms with Crippen molar-refractivity contribution in [2.75, 3.05) is 0 Å². The zero-order valence-electron chi connectivity index (χ0n) is 3.92. The second kappa shape index (κ2) is 2.29. The Balaban J connectivity index is 3.28. The Morgan fingerprint density at radius 2 is 2.50 bits per heavy atom. The van der Waals surface area contributed by atoms with E-state index in [9.17, 15) is 4.79 Å². The quantitative estimate of drug-likeness (QED) is 0.547. The van der Waals surface area contributed by atoms with Gasteiger partial charge in [0.25, 0.3) is 0 Å². The molecule has 1 rings (SSSR count). The van der Waals surface area contributed by atoms with E-state index in [0.29, 0.717) is 3.87 Å². The second-order valence-electron chi connectivity index (χ2n) is 1.24. The van der Waals surface area contributed by atoms with E-state index >= 15 is 0 Å². The summed E-state index contributed by atoms with van der Waals surface area (Å²) in [5.41, 5.74) is -0.0970. The van der Waals surface area contributed by atoms with Crippen LogP contribution in [0.4, 0.5) is 0 Å². The first-order chi connectivity index (χ1) is 3.79. The SMILES string of the molecule is O=c1ccnc([Te])[nH]1. The van der Waals surface area contributed by atoms with Gasteiger partial charge < -0.3 is 0 Å². The van der Waals surface area contributed by atoms with Gasteiger partial charge in [-0.05, 0) is 0 Å². The van der Waals surface area contributed by atoms with Crippen molar-refractivity contribution in [1.82, 2.24) is 9.97 Å². The molecule has 0 atom stereocenters. The summed E-state index contributed by atoms with van der Waals surface area (Å²) < 4.78 is 0.660. The van der Waals surface area contributed by atoms with Crippen LogP contribution in [0.1, 0.15) is 0 Å². The summed E-state index contributed by atoms with van der Waals surface area (Å²) >= 11 is 1.67. The summed E-state index contributed by atoms with van der Waals surface area (Å²) in [7, 11) is 0. The van der Waals surface area contributed by atoms with Gasteiger partial charge >= 0.3 is 58.8 Å². The van der Waals surface area contributed by atoms with Crippen LogP contribution in [-0.2, 0) is 0 Å². The van der Waals surface area contributed by atoms with Crippen LogP contribution >= 0.6 is 0 Å². The van der Waals surface area contributed by atoms with Gasteiger partial charge in [-0.2, -0.15) is 0 Å². The maximum atomic E-state index is 10.4. The molecular weight excluding hydrogens is 220 g/mol. The number of aromatic nitrogens is 2. The molecule has 0 aliphatic heterocycles. The Morgan fingerprint density at radius 3 is 2.88 bits per heavy atom. The number of H-pyrrole nitrogens is 1. The third-order valence-corrected chi connectivity index (χ3v) is 1.24. The molecule has 41 valence electrons. The Hall–Kier alpha value is -0.330. The van der Waals surface area contributed by atoms with E-state index < -0.39 is 0 Å². The minimum absolute atomic E-state index is 0.0970. The van der Waals surface area contributed by atoms with Crippen LogP contribution in [-0.4, -0.2) is 32.3 Å². The molecule has 1 radical (unpaired) electrons. The van der Waals surface area contributed by atoms with Crippen LogP contribution in [0.2, 0.25) is 0 Å². The molecule has 0 aromatic carbocycles. The number of hydrogen-bond donors (Lipinski definition) is 1.